The van der Waals surface area contributed by atoms with Crippen LogP contribution in [0.1, 0.15) is 41.1 Å². The molecule has 3 rings (SSSR count). The summed E-state index contributed by atoms with van der Waals surface area (Å²) in [6.45, 7) is 2.31. The van der Waals surface area contributed by atoms with Gasteiger partial charge in [-0.1, -0.05) is 5.16 Å². The molecule has 1 aliphatic heterocycles. The number of nitrogens with one attached hydrogen (secondary N) is 1. The van der Waals surface area contributed by atoms with Crippen molar-refractivity contribution in [2.45, 2.75) is 32.0 Å². The molecule has 2 N–H and O–H groups in total. The molecule has 9 heteroatoms. The minimum absolute atomic E-state index is 0.00171. The summed E-state index contributed by atoms with van der Waals surface area (Å²) < 4.78 is 11.0. The summed E-state index contributed by atoms with van der Waals surface area (Å²) in [6, 6.07) is 0. The number of nitrogens with zero attached hydrogens (tertiary/aromatic N) is 4. The van der Waals surface area contributed by atoms with E-state index in [1.807, 2.05) is 0 Å². The Hall–Kier alpha value is -2.55. The number of rotatable bonds is 5. The van der Waals surface area contributed by atoms with Crippen LogP contribution < -0.4 is 5.32 Å². The first kappa shape index (κ1) is 14.4. The molecule has 0 aromatic carbocycles. The van der Waals surface area contributed by atoms with E-state index in [-0.39, 0.29) is 17.9 Å². The Labute approximate surface area is 125 Å². The van der Waals surface area contributed by atoms with Gasteiger partial charge < -0.3 is 19.7 Å². The second kappa shape index (κ2) is 6.06. The van der Waals surface area contributed by atoms with E-state index < -0.39 is 5.97 Å². The standard InChI is InChI=1S/C13H15N5O4/c1-7-17-12(22-18-7)10-3-2-8(21-10)4-15-11-6-14-9(5-16-11)13(19)20/h5-6,8,10H,2-4H2,1H3,(H,15,16)(H,19,20)/t8-,10+/m1/s1. The molecule has 0 radical (unpaired) electrons. The molecule has 2 aromatic rings. The van der Waals surface area contributed by atoms with E-state index in [1.165, 1.54) is 12.4 Å². The third kappa shape index (κ3) is 3.19. The number of aromatic carboxylic acids is 1. The number of hydrogen-bond acceptors (Lipinski definition) is 8. The zero-order valence-corrected chi connectivity index (χ0v) is 11.9. The van der Waals surface area contributed by atoms with Gasteiger partial charge in [-0.05, 0) is 19.8 Å². The van der Waals surface area contributed by atoms with Gasteiger partial charge in [-0.3, -0.25) is 0 Å². The van der Waals surface area contributed by atoms with Crippen molar-refractivity contribution < 1.29 is 19.2 Å². The Bertz CT molecular complexity index is 657. The van der Waals surface area contributed by atoms with Gasteiger partial charge >= 0.3 is 5.97 Å². The molecule has 0 aliphatic carbocycles. The van der Waals surface area contributed by atoms with Gasteiger partial charge in [0.05, 0.1) is 18.5 Å². The van der Waals surface area contributed by atoms with Crippen LogP contribution in [0.25, 0.3) is 0 Å². The molecule has 22 heavy (non-hydrogen) atoms. The van der Waals surface area contributed by atoms with Crippen LogP contribution in [-0.2, 0) is 4.74 Å². The highest BCUT2D eigenvalue weighted by molar-refractivity contribution is 5.84. The number of carboxylic acids is 1. The average Bonchev–Trinajstić information content (AvgIpc) is 3.14. The van der Waals surface area contributed by atoms with Gasteiger partial charge in [-0.15, -0.1) is 0 Å². The maximum Gasteiger partial charge on any atom is 0.356 e. The van der Waals surface area contributed by atoms with Crippen molar-refractivity contribution in [2.75, 3.05) is 11.9 Å². The fraction of sp³-hybridized carbons (Fsp3) is 0.462. The van der Waals surface area contributed by atoms with E-state index in [0.717, 1.165) is 12.8 Å². The highest BCUT2D eigenvalue weighted by Gasteiger charge is 2.30. The van der Waals surface area contributed by atoms with E-state index >= 15 is 0 Å². The molecule has 9 nitrogen and oxygen atoms in total. The van der Waals surface area contributed by atoms with Crippen LogP contribution in [-0.4, -0.2) is 43.8 Å². The lowest BCUT2D eigenvalue weighted by molar-refractivity contribution is 0.0326. The van der Waals surface area contributed by atoms with E-state index in [0.29, 0.717) is 24.1 Å². The molecule has 0 unspecified atom stereocenters. The number of aromatic nitrogens is 4. The zero-order chi connectivity index (χ0) is 15.5. The number of anilines is 1. The van der Waals surface area contributed by atoms with Crippen LogP contribution in [0.5, 0.6) is 0 Å². The van der Waals surface area contributed by atoms with Gasteiger partial charge in [-0.2, -0.15) is 4.98 Å². The first-order chi connectivity index (χ1) is 10.6. The molecule has 0 amide bonds. The van der Waals surface area contributed by atoms with E-state index in [2.05, 4.69) is 25.4 Å². The lowest BCUT2D eigenvalue weighted by Crippen LogP contribution is -2.19. The van der Waals surface area contributed by atoms with Gasteiger partial charge in [-0.25, -0.2) is 14.8 Å². The van der Waals surface area contributed by atoms with Crippen molar-refractivity contribution in [1.82, 2.24) is 20.1 Å². The van der Waals surface area contributed by atoms with Crippen molar-refractivity contribution in [3.8, 4) is 0 Å². The third-order valence-electron chi connectivity index (χ3n) is 3.31. The lowest BCUT2D eigenvalue weighted by Gasteiger charge is -2.12. The lowest BCUT2D eigenvalue weighted by atomic mass is 10.2. The summed E-state index contributed by atoms with van der Waals surface area (Å²) in [4.78, 5) is 22.6. The highest BCUT2D eigenvalue weighted by atomic mass is 16.5. The average molecular weight is 305 g/mol. The maximum atomic E-state index is 10.7. The largest absolute Gasteiger partial charge is 0.476 e. The summed E-state index contributed by atoms with van der Waals surface area (Å²) in [7, 11) is 0. The Morgan fingerprint density at radius 3 is 2.91 bits per heavy atom. The summed E-state index contributed by atoms with van der Waals surface area (Å²) in [6.07, 6.45) is 4.10. The van der Waals surface area contributed by atoms with Gasteiger partial charge in [0.25, 0.3) is 5.89 Å². The number of carboxylic acid groups (broad SMARTS) is 1. The second-order valence-corrected chi connectivity index (χ2v) is 4.98. The van der Waals surface area contributed by atoms with Crippen molar-refractivity contribution in [2.24, 2.45) is 0 Å². The predicted molar refractivity (Wildman–Crippen MR) is 73.4 cm³/mol. The normalized spacial score (nSPS) is 21.0. The molecule has 0 spiro atoms. The molecule has 3 heterocycles. The fourth-order valence-electron chi connectivity index (χ4n) is 2.23. The van der Waals surface area contributed by atoms with Crippen molar-refractivity contribution in [3.05, 3.63) is 29.8 Å². The van der Waals surface area contributed by atoms with Crippen LogP contribution in [0.2, 0.25) is 0 Å². The first-order valence-electron chi connectivity index (χ1n) is 6.86. The molecule has 0 bridgehead atoms. The molecule has 1 fully saturated rings. The van der Waals surface area contributed by atoms with E-state index in [9.17, 15) is 4.79 Å². The summed E-state index contributed by atoms with van der Waals surface area (Å²) in [5, 5.41) is 15.6. The van der Waals surface area contributed by atoms with Crippen molar-refractivity contribution in [3.63, 3.8) is 0 Å². The van der Waals surface area contributed by atoms with Gasteiger partial charge in [0.15, 0.2) is 11.5 Å². The maximum absolute atomic E-state index is 10.7. The van der Waals surface area contributed by atoms with Crippen LogP contribution in [0.3, 0.4) is 0 Å². The van der Waals surface area contributed by atoms with Gasteiger partial charge in [0.1, 0.15) is 11.9 Å². The minimum atomic E-state index is -1.10. The van der Waals surface area contributed by atoms with E-state index in [4.69, 9.17) is 14.4 Å². The molecule has 1 aliphatic rings. The fourth-order valence-corrected chi connectivity index (χ4v) is 2.23. The van der Waals surface area contributed by atoms with Crippen molar-refractivity contribution in [1.29, 1.82) is 0 Å². The third-order valence-corrected chi connectivity index (χ3v) is 3.31. The molecule has 0 saturated carbocycles. The molecule has 2 atom stereocenters. The quantitative estimate of drug-likeness (QED) is 0.838. The second-order valence-electron chi connectivity index (χ2n) is 4.98. The smallest absolute Gasteiger partial charge is 0.356 e. The Kier molecular flexibility index (Phi) is 3.96. The predicted octanol–water partition coefficient (Wildman–Crippen LogP) is 1.20. The van der Waals surface area contributed by atoms with Crippen LogP contribution >= 0.6 is 0 Å². The Balaban J connectivity index is 1.51. The number of ether oxygens (including phenoxy) is 1. The van der Waals surface area contributed by atoms with Crippen LogP contribution in [0.15, 0.2) is 16.9 Å². The zero-order valence-electron chi connectivity index (χ0n) is 11.9. The minimum Gasteiger partial charge on any atom is -0.476 e. The SMILES string of the molecule is Cc1noc([C@@H]2CC[C@H](CNc3cnc(C(=O)O)cn3)O2)n1. The summed E-state index contributed by atoms with van der Waals surface area (Å²) in [5.41, 5.74) is -0.0884. The first-order valence-corrected chi connectivity index (χ1v) is 6.86. The molecule has 1 saturated heterocycles. The molecular formula is C13H15N5O4. The van der Waals surface area contributed by atoms with Gasteiger partial charge in [0, 0.05) is 6.54 Å². The molecule has 116 valence electrons. The number of aryl methyl sites for hydroxylation is 1. The number of hydrogen-bond donors (Lipinski definition) is 2. The van der Waals surface area contributed by atoms with Crippen molar-refractivity contribution >= 4 is 11.8 Å². The molecular weight excluding hydrogens is 290 g/mol. The summed E-state index contributed by atoms with van der Waals surface area (Å²) >= 11 is 0. The Morgan fingerprint density at radius 1 is 1.41 bits per heavy atom. The monoisotopic (exact) mass is 305 g/mol. The summed E-state index contributed by atoms with van der Waals surface area (Å²) in [5.74, 6) is 0.501. The number of carbonyl (C=O) groups is 1. The van der Waals surface area contributed by atoms with Gasteiger partial charge in [0.2, 0.25) is 0 Å². The topological polar surface area (TPSA) is 123 Å². The highest BCUT2D eigenvalue weighted by Crippen LogP contribution is 2.31. The van der Waals surface area contributed by atoms with Crippen LogP contribution in [0, 0.1) is 6.92 Å². The molecule has 2 aromatic heterocycles. The Morgan fingerprint density at radius 2 is 2.27 bits per heavy atom. The van der Waals surface area contributed by atoms with Crippen LogP contribution in [0.4, 0.5) is 5.82 Å². The van der Waals surface area contributed by atoms with E-state index in [1.54, 1.807) is 6.92 Å².